The number of hydrazine groups is 1. The Balaban J connectivity index is 2.18. The summed E-state index contributed by atoms with van der Waals surface area (Å²) in [7, 11) is 3.64. The molecule has 0 unspecified atom stereocenters. The van der Waals surface area contributed by atoms with Crippen molar-refractivity contribution in [1.29, 1.82) is 0 Å². The van der Waals surface area contributed by atoms with Gasteiger partial charge in [-0.15, -0.1) is 0 Å². The van der Waals surface area contributed by atoms with Crippen molar-refractivity contribution < 1.29 is 9.53 Å². The van der Waals surface area contributed by atoms with Crippen molar-refractivity contribution >= 4 is 5.91 Å². The van der Waals surface area contributed by atoms with Gasteiger partial charge < -0.3 is 4.74 Å². The Hall–Kier alpha value is -0.610. The van der Waals surface area contributed by atoms with Crippen LogP contribution in [-0.2, 0) is 9.53 Å². The number of nitrogens with one attached hydrogen (secondary N) is 1. The van der Waals surface area contributed by atoms with Crippen molar-refractivity contribution in [3.05, 3.63) is 0 Å². The lowest BCUT2D eigenvalue weighted by atomic mass is 9.96. The van der Waals surface area contributed by atoms with Crippen LogP contribution in [0.1, 0.15) is 19.3 Å². The first-order chi connectivity index (χ1) is 6.18. The first kappa shape index (κ1) is 10.5. The van der Waals surface area contributed by atoms with Crippen molar-refractivity contribution in [2.75, 3.05) is 27.3 Å². The van der Waals surface area contributed by atoms with Crippen LogP contribution in [0.3, 0.4) is 0 Å². The zero-order chi connectivity index (χ0) is 9.68. The van der Waals surface area contributed by atoms with Gasteiger partial charge in [-0.25, -0.2) is 5.01 Å². The summed E-state index contributed by atoms with van der Waals surface area (Å²) < 4.78 is 5.22. The smallest absolute Gasteiger partial charge is 0.234 e. The highest BCUT2D eigenvalue weighted by Crippen LogP contribution is 2.17. The van der Waals surface area contributed by atoms with Crippen LogP contribution in [-0.4, -0.2) is 38.2 Å². The molecule has 4 heteroatoms. The van der Waals surface area contributed by atoms with E-state index in [-0.39, 0.29) is 5.91 Å². The Morgan fingerprint density at radius 2 is 2.08 bits per heavy atom. The van der Waals surface area contributed by atoms with Crippen LogP contribution >= 0.6 is 0 Å². The fourth-order valence-electron chi connectivity index (χ4n) is 1.51. The van der Waals surface area contributed by atoms with E-state index in [1.807, 2.05) is 14.1 Å². The maximum absolute atomic E-state index is 11.3. The minimum atomic E-state index is 0.108. The minimum absolute atomic E-state index is 0.108. The average Bonchev–Trinajstić information content (AvgIpc) is 2.04. The van der Waals surface area contributed by atoms with E-state index in [9.17, 15) is 4.79 Å². The normalized spacial score (nSPS) is 19.0. The predicted molar refractivity (Wildman–Crippen MR) is 50.0 cm³/mol. The summed E-state index contributed by atoms with van der Waals surface area (Å²) >= 11 is 0. The molecule has 1 saturated heterocycles. The SMILES string of the molecule is CN(C)NC(=O)CC1CCOCC1. The molecule has 1 aliphatic rings. The Bertz CT molecular complexity index is 165. The monoisotopic (exact) mass is 186 g/mol. The van der Waals surface area contributed by atoms with E-state index >= 15 is 0 Å². The lowest BCUT2D eigenvalue weighted by Crippen LogP contribution is -2.37. The van der Waals surface area contributed by atoms with Crippen molar-refractivity contribution in [3.63, 3.8) is 0 Å². The summed E-state index contributed by atoms with van der Waals surface area (Å²) in [6.45, 7) is 1.61. The highest BCUT2D eigenvalue weighted by molar-refractivity contribution is 5.75. The zero-order valence-corrected chi connectivity index (χ0v) is 8.38. The first-order valence-corrected chi connectivity index (χ1v) is 4.73. The molecule has 1 rings (SSSR count). The van der Waals surface area contributed by atoms with Gasteiger partial charge in [-0.1, -0.05) is 0 Å². The van der Waals surface area contributed by atoms with E-state index in [2.05, 4.69) is 5.43 Å². The van der Waals surface area contributed by atoms with E-state index < -0.39 is 0 Å². The van der Waals surface area contributed by atoms with Crippen LogP contribution in [0.5, 0.6) is 0 Å². The number of amides is 1. The molecule has 1 fully saturated rings. The molecule has 1 N–H and O–H groups in total. The molecule has 0 atom stereocenters. The molecule has 0 aliphatic carbocycles. The molecule has 1 aliphatic heterocycles. The van der Waals surface area contributed by atoms with Gasteiger partial charge in [-0.2, -0.15) is 0 Å². The lowest BCUT2D eigenvalue weighted by Gasteiger charge is -2.22. The third-order valence-corrected chi connectivity index (χ3v) is 2.16. The quantitative estimate of drug-likeness (QED) is 0.648. The number of carbonyl (C=O) groups excluding carboxylic acids is 1. The van der Waals surface area contributed by atoms with Crippen molar-refractivity contribution in [2.45, 2.75) is 19.3 Å². The van der Waals surface area contributed by atoms with Crippen LogP contribution in [0.4, 0.5) is 0 Å². The van der Waals surface area contributed by atoms with Gasteiger partial charge >= 0.3 is 0 Å². The number of hydrogen-bond donors (Lipinski definition) is 1. The largest absolute Gasteiger partial charge is 0.381 e. The summed E-state index contributed by atoms with van der Waals surface area (Å²) in [5.74, 6) is 0.616. The minimum Gasteiger partial charge on any atom is -0.381 e. The fraction of sp³-hybridized carbons (Fsp3) is 0.889. The van der Waals surface area contributed by atoms with Gasteiger partial charge in [0.15, 0.2) is 0 Å². The highest BCUT2D eigenvalue weighted by Gasteiger charge is 2.17. The molecule has 0 aromatic carbocycles. The van der Waals surface area contributed by atoms with Crippen LogP contribution < -0.4 is 5.43 Å². The topological polar surface area (TPSA) is 41.6 Å². The summed E-state index contributed by atoms with van der Waals surface area (Å²) in [5.41, 5.74) is 2.74. The Kier molecular flexibility index (Phi) is 4.18. The average molecular weight is 186 g/mol. The van der Waals surface area contributed by atoms with E-state index in [0.29, 0.717) is 12.3 Å². The van der Waals surface area contributed by atoms with E-state index in [4.69, 9.17) is 4.74 Å². The number of ether oxygens (including phenoxy) is 1. The summed E-state index contributed by atoms with van der Waals surface area (Å²) in [5, 5.41) is 1.68. The van der Waals surface area contributed by atoms with Crippen LogP contribution in [0.2, 0.25) is 0 Å². The lowest BCUT2D eigenvalue weighted by molar-refractivity contribution is -0.126. The Morgan fingerprint density at radius 3 is 2.62 bits per heavy atom. The molecule has 13 heavy (non-hydrogen) atoms. The van der Waals surface area contributed by atoms with Crippen molar-refractivity contribution in [2.24, 2.45) is 5.92 Å². The molecule has 1 amide bonds. The molecule has 0 spiro atoms. The number of rotatable bonds is 3. The molecule has 0 aromatic rings. The number of hydrogen-bond acceptors (Lipinski definition) is 3. The molecule has 0 aromatic heterocycles. The van der Waals surface area contributed by atoms with Gasteiger partial charge in [0, 0.05) is 33.7 Å². The molecule has 0 bridgehead atoms. The van der Waals surface area contributed by atoms with Gasteiger partial charge in [0.2, 0.25) is 5.91 Å². The van der Waals surface area contributed by atoms with E-state index in [1.54, 1.807) is 5.01 Å². The van der Waals surface area contributed by atoms with Crippen LogP contribution in [0.15, 0.2) is 0 Å². The van der Waals surface area contributed by atoms with Crippen LogP contribution in [0.25, 0.3) is 0 Å². The van der Waals surface area contributed by atoms with Crippen molar-refractivity contribution in [3.8, 4) is 0 Å². The van der Waals surface area contributed by atoms with E-state index in [0.717, 1.165) is 26.1 Å². The molecule has 76 valence electrons. The van der Waals surface area contributed by atoms with Crippen molar-refractivity contribution in [1.82, 2.24) is 10.4 Å². The third-order valence-electron chi connectivity index (χ3n) is 2.16. The summed E-state index contributed by atoms with van der Waals surface area (Å²) in [6, 6.07) is 0. The molecule has 0 radical (unpaired) electrons. The Morgan fingerprint density at radius 1 is 1.46 bits per heavy atom. The van der Waals surface area contributed by atoms with Gasteiger partial charge in [0.1, 0.15) is 0 Å². The van der Waals surface area contributed by atoms with Gasteiger partial charge in [0.05, 0.1) is 0 Å². The molecule has 1 heterocycles. The molecule has 4 nitrogen and oxygen atoms in total. The van der Waals surface area contributed by atoms with Crippen LogP contribution in [0, 0.1) is 5.92 Å². The second-order valence-corrected chi connectivity index (χ2v) is 3.69. The predicted octanol–water partition coefficient (Wildman–Crippen LogP) is 0.396. The highest BCUT2D eigenvalue weighted by atomic mass is 16.5. The summed E-state index contributed by atoms with van der Waals surface area (Å²) in [6.07, 6.45) is 2.66. The van der Waals surface area contributed by atoms with Gasteiger partial charge in [0.25, 0.3) is 0 Å². The maximum Gasteiger partial charge on any atom is 0.234 e. The second kappa shape index (κ2) is 5.19. The third kappa shape index (κ3) is 4.24. The second-order valence-electron chi connectivity index (χ2n) is 3.69. The number of nitrogens with zero attached hydrogens (tertiary/aromatic N) is 1. The van der Waals surface area contributed by atoms with E-state index in [1.165, 1.54) is 0 Å². The maximum atomic E-state index is 11.3. The van der Waals surface area contributed by atoms with Gasteiger partial charge in [-0.05, 0) is 18.8 Å². The zero-order valence-electron chi connectivity index (χ0n) is 8.38. The molecule has 0 saturated carbocycles. The molecular weight excluding hydrogens is 168 g/mol. The summed E-state index contributed by atoms with van der Waals surface area (Å²) in [4.78, 5) is 11.3. The fourth-order valence-corrected chi connectivity index (χ4v) is 1.51. The molecular formula is C9H18N2O2. The Labute approximate surface area is 79.2 Å². The number of carbonyl (C=O) groups is 1. The standard InChI is InChI=1S/C9H18N2O2/c1-11(2)10-9(12)7-8-3-5-13-6-4-8/h8H,3-7H2,1-2H3,(H,10,12). The van der Waals surface area contributed by atoms with Gasteiger partial charge in [-0.3, -0.25) is 10.2 Å². The first-order valence-electron chi connectivity index (χ1n) is 4.73.